The molecule has 22 heavy (non-hydrogen) atoms. The van der Waals surface area contributed by atoms with Gasteiger partial charge in [0.25, 0.3) is 11.6 Å². The van der Waals surface area contributed by atoms with Crippen molar-refractivity contribution in [3.8, 4) is 5.75 Å². The molecule has 0 unspecified atom stereocenters. The summed E-state index contributed by atoms with van der Waals surface area (Å²) in [5.41, 5.74) is 0.706. The van der Waals surface area contributed by atoms with E-state index in [0.29, 0.717) is 30.0 Å². The predicted octanol–water partition coefficient (Wildman–Crippen LogP) is 1.64. The van der Waals surface area contributed by atoms with E-state index in [4.69, 9.17) is 4.74 Å². The van der Waals surface area contributed by atoms with E-state index < -0.39 is 4.92 Å². The highest BCUT2D eigenvalue weighted by atomic mass is 16.6. The molecule has 1 amide bonds. The van der Waals surface area contributed by atoms with E-state index >= 15 is 0 Å². The van der Waals surface area contributed by atoms with Crippen LogP contribution in [0.1, 0.15) is 25.7 Å². The highest BCUT2D eigenvalue weighted by Crippen LogP contribution is 2.38. The number of carbonyl (C=O) groups is 1. The first kappa shape index (κ1) is 14.6. The lowest BCUT2D eigenvalue weighted by molar-refractivity contribution is -0.384. The molecule has 1 aliphatic heterocycles. The molecule has 3 N–H and O–H groups in total. The summed E-state index contributed by atoms with van der Waals surface area (Å²) in [6.45, 7) is -0.141. The van der Waals surface area contributed by atoms with Gasteiger partial charge in [-0.25, -0.2) is 0 Å². The number of fused-ring (bicyclic) bond motifs is 1. The topological polar surface area (TPSA) is 114 Å². The van der Waals surface area contributed by atoms with Gasteiger partial charge in [-0.2, -0.15) is 0 Å². The summed E-state index contributed by atoms with van der Waals surface area (Å²) in [5, 5.41) is 26.6. The first-order valence-corrected chi connectivity index (χ1v) is 7.22. The van der Waals surface area contributed by atoms with E-state index in [-0.39, 0.29) is 30.3 Å². The van der Waals surface area contributed by atoms with Crippen LogP contribution in [0.15, 0.2) is 12.1 Å². The van der Waals surface area contributed by atoms with Crippen LogP contribution in [0.2, 0.25) is 0 Å². The zero-order valence-electron chi connectivity index (χ0n) is 11.9. The molecule has 1 fully saturated rings. The van der Waals surface area contributed by atoms with Crippen molar-refractivity contribution in [1.29, 1.82) is 0 Å². The van der Waals surface area contributed by atoms with Crippen LogP contribution in [0.25, 0.3) is 0 Å². The minimum atomic E-state index is -0.472. The van der Waals surface area contributed by atoms with Gasteiger partial charge in [-0.3, -0.25) is 14.9 Å². The van der Waals surface area contributed by atoms with Gasteiger partial charge >= 0.3 is 0 Å². The van der Waals surface area contributed by atoms with Gasteiger partial charge in [-0.15, -0.1) is 0 Å². The Bertz CT molecular complexity index is 611. The molecule has 8 heteroatoms. The van der Waals surface area contributed by atoms with Crippen molar-refractivity contribution < 1.29 is 19.6 Å². The van der Waals surface area contributed by atoms with Crippen LogP contribution in [0.5, 0.6) is 5.75 Å². The molecule has 0 saturated heterocycles. The van der Waals surface area contributed by atoms with Crippen LogP contribution >= 0.6 is 0 Å². The van der Waals surface area contributed by atoms with Gasteiger partial charge in [-0.05, 0) is 31.7 Å². The molecule has 1 aliphatic carbocycles. The average molecular weight is 307 g/mol. The van der Waals surface area contributed by atoms with Gasteiger partial charge in [-0.1, -0.05) is 0 Å². The number of aliphatic hydroxyl groups is 1. The molecule has 1 aromatic carbocycles. The average Bonchev–Trinajstić information content (AvgIpc) is 2.48. The number of rotatable bonds is 3. The lowest BCUT2D eigenvalue weighted by Crippen LogP contribution is -2.29. The van der Waals surface area contributed by atoms with E-state index in [1.54, 1.807) is 0 Å². The Labute approximate surface area is 126 Å². The van der Waals surface area contributed by atoms with E-state index in [9.17, 15) is 20.0 Å². The second-order valence-corrected chi connectivity index (χ2v) is 5.61. The number of hydrogen-bond acceptors (Lipinski definition) is 6. The van der Waals surface area contributed by atoms with Crippen LogP contribution in [-0.4, -0.2) is 34.7 Å². The van der Waals surface area contributed by atoms with E-state index in [2.05, 4.69) is 10.6 Å². The normalized spacial score (nSPS) is 24.0. The SMILES string of the molecule is O=C1COc2cc([N+](=O)[O-])c(NC3CCC(O)CC3)cc2N1. The summed E-state index contributed by atoms with van der Waals surface area (Å²) in [6.07, 6.45) is 2.56. The number of anilines is 2. The van der Waals surface area contributed by atoms with Crippen molar-refractivity contribution in [1.82, 2.24) is 0 Å². The van der Waals surface area contributed by atoms with Crippen molar-refractivity contribution in [3.63, 3.8) is 0 Å². The molecule has 3 rings (SSSR count). The number of nitrogens with zero attached hydrogens (tertiary/aromatic N) is 1. The quantitative estimate of drug-likeness (QED) is 0.578. The maximum absolute atomic E-state index is 11.4. The molecule has 1 aromatic rings. The number of amides is 1. The minimum absolute atomic E-state index is 0.0698. The number of nitrogens with one attached hydrogen (secondary N) is 2. The number of aliphatic hydroxyl groups excluding tert-OH is 1. The number of ether oxygens (including phenoxy) is 1. The fourth-order valence-electron chi connectivity index (χ4n) is 2.82. The standard InChI is InChI=1S/C14H17N3O5/c18-9-3-1-8(2-4-9)15-10-5-11-13(6-12(10)17(20)21)22-7-14(19)16-11/h5-6,8-9,15,18H,1-4,7H2,(H,16,19). The molecule has 0 bridgehead atoms. The van der Waals surface area contributed by atoms with E-state index in [1.807, 2.05) is 0 Å². The largest absolute Gasteiger partial charge is 0.481 e. The molecule has 0 aromatic heterocycles. The van der Waals surface area contributed by atoms with E-state index in [0.717, 1.165) is 12.8 Å². The van der Waals surface area contributed by atoms with Crippen LogP contribution in [0.3, 0.4) is 0 Å². The fourth-order valence-corrected chi connectivity index (χ4v) is 2.82. The Morgan fingerprint density at radius 2 is 2.05 bits per heavy atom. The van der Waals surface area contributed by atoms with Crippen molar-refractivity contribution in [2.45, 2.75) is 37.8 Å². The molecule has 0 spiro atoms. The van der Waals surface area contributed by atoms with Crippen molar-refractivity contribution in [2.24, 2.45) is 0 Å². The zero-order valence-corrected chi connectivity index (χ0v) is 11.9. The number of carbonyl (C=O) groups excluding carboxylic acids is 1. The zero-order chi connectivity index (χ0) is 15.7. The number of benzene rings is 1. The Balaban J connectivity index is 1.86. The van der Waals surface area contributed by atoms with Crippen LogP contribution in [0.4, 0.5) is 17.1 Å². The molecule has 118 valence electrons. The molecule has 1 heterocycles. The smallest absolute Gasteiger partial charge is 0.296 e. The van der Waals surface area contributed by atoms with Gasteiger partial charge in [0.05, 0.1) is 22.8 Å². The summed E-state index contributed by atoms with van der Waals surface area (Å²) < 4.78 is 5.21. The van der Waals surface area contributed by atoms with Crippen molar-refractivity contribution >= 4 is 23.0 Å². The van der Waals surface area contributed by atoms with Crippen molar-refractivity contribution in [2.75, 3.05) is 17.2 Å². The van der Waals surface area contributed by atoms with Crippen LogP contribution < -0.4 is 15.4 Å². The highest BCUT2D eigenvalue weighted by Gasteiger charge is 2.26. The maximum Gasteiger partial charge on any atom is 0.296 e. The van der Waals surface area contributed by atoms with Crippen LogP contribution in [0, 0.1) is 10.1 Å². The second-order valence-electron chi connectivity index (χ2n) is 5.61. The molecule has 1 saturated carbocycles. The molecule has 2 aliphatic rings. The number of hydrogen-bond donors (Lipinski definition) is 3. The van der Waals surface area contributed by atoms with Crippen LogP contribution in [-0.2, 0) is 4.79 Å². The van der Waals surface area contributed by atoms with Crippen molar-refractivity contribution in [3.05, 3.63) is 22.2 Å². The number of nitro groups is 1. The minimum Gasteiger partial charge on any atom is -0.481 e. The lowest BCUT2D eigenvalue weighted by Gasteiger charge is -2.27. The molecular weight excluding hydrogens is 290 g/mol. The summed E-state index contributed by atoms with van der Waals surface area (Å²) in [5.74, 6) is 0.0176. The molecule has 0 radical (unpaired) electrons. The Hall–Kier alpha value is -2.35. The third-order valence-corrected chi connectivity index (χ3v) is 3.98. The molecule has 8 nitrogen and oxygen atoms in total. The first-order valence-electron chi connectivity index (χ1n) is 7.22. The molecular formula is C14H17N3O5. The van der Waals surface area contributed by atoms with Gasteiger partial charge in [0, 0.05) is 6.04 Å². The highest BCUT2D eigenvalue weighted by molar-refractivity contribution is 5.96. The Morgan fingerprint density at radius 3 is 2.73 bits per heavy atom. The van der Waals surface area contributed by atoms with Gasteiger partial charge in [0.15, 0.2) is 12.4 Å². The lowest BCUT2D eigenvalue weighted by atomic mass is 9.93. The van der Waals surface area contributed by atoms with Gasteiger partial charge in [0.2, 0.25) is 0 Å². The fraction of sp³-hybridized carbons (Fsp3) is 0.500. The predicted molar refractivity (Wildman–Crippen MR) is 79.1 cm³/mol. The third-order valence-electron chi connectivity index (χ3n) is 3.98. The van der Waals surface area contributed by atoms with Gasteiger partial charge in [0.1, 0.15) is 5.69 Å². The third kappa shape index (κ3) is 2.96. The second kappa shape index (κ2) is 5.80. The van der Waals surface area contributed by atoms with Gasteiger partial charge < -0.3 is 20.5 Å². The number of nitro benzene ring substituents is 1. The summed E-state index contributed by atoms with van der Waals surface area (Å²) in [4.78, 5) is 22.1. The Morgan fingerprint density at radius 1 is 1.32 bits per heavy atom. The first-order chi connectivity index (χ1) is 10.5. The Kier molecular flexibility index (Phi) is 3.84. The summed E-state index contributed by atoms with van der Waals surface area (Å²) >= 11 is 0. The maximum atomic E-state index is 11.4. The monoisotopic (exact) mass is 307 g/mol. The summed E-state index contributed by atoms with van der Waals surface area (Å²) in [7, 11) is 0. The van der Waals surface area contributed by atoms with E-state index in [1.165, 1.54) is 12.1 Å². The summed E-state index contributed by atoms with van der Waals surface area (Å²) in [6, 6.07) is 2.94. The molecule has 0 atom stereocenters.